The molecule has 0 aliphatic heterocycles. The van der Waals surface area contributed by atoms with Crippen molar-refractivity contribution in [3.8, 4) is 0 Å². The van der Waals surface area contributed by atoms with Gasteiger partial charge in [-0.05, 0) is 12.8 Å². The first-order chi connectivity index (χ1) is 10.7. The molecule has 0 rings (SSSR count). The van der Waals surface area contributed by atoms with Crippen LogP contribution in [-0.4, -0.2) is 51.6 Å². The fourth-order valence-corrected chi connectivity index (χ4v) is 1.33. The van der Waals surface area contributed by atoms with E-state index in [-0.39, 0.29) is 13.2 Å². The fourth-order valence-electron chi connectivity index (χ4n) is 1.33. The van der Waals surface area contributed by atoms with E-state index in [1.165, 1.54) is 0 Å². The molecule has 0 aromatic heterocycles. The van der Waals surface area contributed by atoms with E-state index in [2.05, 4.69) is 13.8 Å². The first-order valence-corrected chi connectivity index (χ1v) is 7.87. The zero-order chi connectivity index (χ0) is 16.5. The molecule has 0 aliphatic rings. The van der Waals surface area contributed by atoms with Crippen LogP contribution in [0, 0.1) is 0 Å². The minimum absolute atomic E-state index is 0.174. The summed E-state index contributed by atoms with van der Waals surface area (Å²) in [4.78, 5) is 22.6. The van der Waals surface area contributed by atoms with Gasteiger partial charge in [0, 0.05) is 25.4 Å². The zero-order valence-corrected chi connectivity index (χ0v) is 13.7. The highest BCUT2D eigenvalue weighted by Crippen LogP contribution is 1.91. The zero-order valence-electron chi connectivity index (χ0n) is 13.7. The number of hydrogen-bond acceptors (Lipinski definition) is 6. The van der Waals surface area contributed by atoms with Gasteiger partial charge in [0.2, 0.25) is 0 Å². The smallest absolute Gasteiger partial charge is 0.331 e. The van der Waals surface area contributed by atoms with Crippen molar-refractivity contribution in [2.45, 2.75) is 39.5 Å². The van der Waals surface area contributed by atoms with E-state index in [1.54, 1.807) is 0 Å². The Kier molecular flexibility index (Phi) is 15.0. The van der Waals surface area contributed by atoms with E-state index in [9.17, 15) is 9.59 Å². The highest BCUT2D eigenvalue weighted by atomic mass is 16.6. The summed E-state index contributed by atoms with van der Waals surface area (Å²) in [5.41, 5.74) is 0. The monoisotopic (exact) mass is 316 g/mol. The highest BCUT2D eigenvalue weighted by molar-refractivity contribution is 5.91. The number of unbranched alkanes of at least 4 members (excludes halogenated alkanes) is 2. The van der Waals surface area contributed by atoms with Crippen molar-refractivity contribution < 1.29 is 28.5 Å². The number of hydrogen-bond donors (Lipinski definition) is 0. The molecule has 0 spiro atoms. The van der Waals surface area contributed by atoms with Crippen LogP contribution < -0.4 is 0 Å². The molecule has 0 amide bonds. The fraction of sp³-hybridized carbons (Fsp3) is 0.750. The minimum Gasteiger partial charge on any atom is -0.460 e. The Morgan fingerprint density at radius 1 is 0.682 bits per heavy atom. The van der Waals surface area contributed by atoms with E-state index in [1.807, 2.05) is 0 Å². The second-order valence-corrected chi connectivity index (χ2v) is 4.60. The molecule has 0 aromatic carbocycles. The van der Waals surface area contributed by atoms with Gasteiger partial charge in [-0.2, -0.15) is 0 Å². The Balaban J connectivity index is 3.51. The predicted octanol–water partition coefficient (Wildman–Crippen LogP) is 2.26. The molecule has 6 nitrogen and oxygen atoms in total. The van der Waals surface area contributed by atoms with Gasteiger partial charge in [-0.15, -0.1) is 0 Å². The Bertz CT molecular complexity index is 284. The van der Waals surface area contributed by atoms with Crippen LogP contribution in [0.3, 0.4) is 0 Å². The lowest BCUT2D eigenvalue weighted by atomic mass is 10.4. The third kappa shape index (κ3) is 15.0. The first kappa shape index (κ1) is 20.6. The minimum atomic E-state index is -0.588. The Hall–Kier alpha value is -1.40. The van der Waals surface area contributed by atoms with Crippen LogP contribution in [0.5, 0.6) is 0 Å². The van der Waals surface area contributed by atoms with E-state index in [4.69, 9.17) is 18.9 Å². The molecule has 22 heavy (non-hydrogen) atoms. The molecule has 0 N–H and O–H groups in total. The molecule has 0 fully saturated rings. The van der Waals surface area contributed by atoms with Gasteiger partial charge in [-0.3, -0.25) is 0 Å². The average Bonchev–Trinajstić information content (AvgIpc) is 2.52. The predicted molar refractivity (Wildman–Crippen MR) is 82.5 cm³/mol. The van der Waals surface area contributed by atoms with Crippen molar-refractivity contribution in [1.29, 1.82) is 0 Å². The number of carbonyl (C=O) groups excluding carboxylic acids is 2. The van der Waals surface area contributed by atoms with Crippen LogP contribution >= 0.6 is 0 Å². The van der Waals surface area contributed by atoms with E-state index in [0.29, 0.717) is 26.4 Å². The number of esters is 2. The van der Waals surface area contributed by atoms with Crippen molar-refractivity contribution in [3.63, 3.8) is 0 Å². The van der Waals surface area contributed by atoms with Crippen molar-refractivity contribution in [3.05, 3.63) is 12.2 Å². The molecule has 0 aromatic rings. The molecule has 6 heteroatoms. The summed E-state index contributed by atoms with van der Waals surface area (Å²) in [7, 11) is 0. The van der Waals surface area contributed by atoms with E-state index >= 15 is 0 Å². The lowest BCUT2D eigenvalue weighted by molar-refractivity contribution is -0.142. The average molecular weight is 316 g/mol. The lowest BCUT2D eigenvalue weighted by Crippen LogP contribution is -2.11. The molecular weight excluding hydrogens is 288 g/mol. The van der Waals surface area contributed by atoms with Gasteiger partial charge in [0.15, 0.2) is 0 Å². The molecule has 0 bridgehead atoms. The van der Waals surface area contributed by atoms with Gasteiger partial charge in [0.1, 0.15) is 13.2 Å². The van der Waals surface area contributed by atoms with Crippen LogP contribution in [-0.2, 0) is 28.5 Å². The van der Waals surface area contributed by atoms with Gasteiger partial charge in [-0.25, -0.2) is 9.59 Å². The van der Waals surface area contributed by atoms with Gasteiger partial charge in [-0.1, -0.05) is 26.7 Å². The summed E-state index contributed by atoms with van der Waals surface area (Å²) in [6.45, 7) is 6.54. The molecule has 0 unspecified atom stereocenters. The summed E-state index contributed by atoms with van der Waals surface area (Å²) in [6.07, 6.45) is 6.20. The second kappa shape index (κ2) is 16.0. The molecule has 0 atom stereocenters. The topological polar surface area (TPSA) is 71.1 Å². The van der Waals surface area contributed by atoms with Crippen LogP contribution in [0.4, 0.5) is 0 Å². The van der Waals surface area contributed by atoms with E-state index in [0.717, 1.165) is 37.8 Å². The van der Waals surface area contributed by atoms with Gasteiger partial charge >= 0.3 is 11.9 Å². The summed E-state index contributed by atoms with van der Waals surface area (Å²) in [5, 5.41) is 0. The van der Waals surface area contributed by atoms with Gasteiger partial charge in [0.25, 0.3) is 0 Å². The second-order valence-electron chi connectivity index (χ2n) is 4.60. The number of carbonyl (C=O) groups is 2. The molecule has 128 valence electrons. The molecule has 0 saturated carbocycles. The summed E-state index contributed by atoms with van der Waals surface area (Å²) in [5.74, 6) is -1.18. The van der Waals surface area contributed by atoms with Crippen molar-refractivity contribution in [2.75, 3.05) is 39.6 Å². The van der Waals surface area contributed by atoms with Crippen LogP contribution in [0.1, 0.15) is 39.5 Å². The molecule has 0 saturated heterocycles. The first-order valence-electron chi connectivity index (χ1n) is 7.87. The van der Waals surface area contributed by atoms with Crippen LogP contribution in [0.2, 0.25) is 0 Å². The van der Waals surface area contributed by atoms with Crippen molar-refractivity contribution in [2.24, 2.45) is 0 Å². The van der Waals surface area contributed by atoms with E-state index < -0.39 is 11.9 Å². The largest absolute Gasteiger partial charge is 0.460 e. The SMILES string of the molecule is CCCCOCCOC(=O)/C=C/C(=O)OCCOCCCC. The maximum Gasteiger partial charge on any atom is 0.331 e. The van der Waals surface area contributed by atoms with Crippen molar-refractivity contribution >= 4 is 11.9 Å². The third-order valence-corrected chi connectivity index (χ3v) is 2.58. The van der Waals surface area contributed by atoms with Gasteiger partial charge < -0.3 is 18.9 Å². The standard InChI is InChI=1S/C16H28O6/c1-3-5-9-19-11-13-21-15(17)7-8-16(18)22-14-12-20-10-6-4-2/h7-8H,3-6,9-14H2,1-2H3/b8-7+. The summed E-state index contributed by atoms with van der Waals surface area (Å²) < 4.78 is 20.2. The number of ether oxygens (including phenoxy) is 4. The van der Waals surface area contributed by atoms with Crippen molar-refractivity contribution in [1.82, 2.24) is 0 Å². The maximum absolute atomic E-state index is 11.3. The molecule has 0 heterocycles. The third-order valence-electron chi connectivity index (χ3n) is 2.58. The number of rotatable bonds is 14. The summed E-state index contributed by atoms with van der Waals surface area (Å²) in [6, 6.07) is 0. The Morgan fingerprint density at radius 2 is 1.09 bits per heavy atom. The molecular formula is C16H28O6. The Morgan fingerprint density at radius 3 is 1.45 bits per heavy atom. The quantitative estimate of drug-likeness (QED) is 0.278. The normalized spacial score (nSPS) is 10.8. The molecule has 0 radical (unpaired) electrons. The summed E-state index contributed by atoms with van der Waals surface area (Å²) >= 11 is 0. The Labute approximate surface area is 132 Å². The lowest BCUT2D eigenvalue weighted by Gasteiger charge is -2.04. The maximum atomic E-state index is 11.3. The van der Waals surface area contributed by atoms with Crippen LogP contribution in [0.15, 0.2) is 12.2 Å². The highest BCUT2D eigenvalue weighted by Gasteiger charge is 2.01. The van der Waals surface area contributed by atoms with Crippen LogP contribution in [0.25, 0.3) is 0 Å². The van der Waals surface area contributed by atoms with Gasteiger partial charge in [0.05, 0.1) is 13.2 Å². The molecule has 0 aliphatic carbocycles.